The fourth-order valence-corrected chi connectivity index (χ4v) is 13.0. The molecule has 0 radical (unpaired) electrons. The highest BCUT2D eigenvalue weighted by Crippen LogP contribution is 2.55. The lowest BCUT2D eigenvalue weighted by atomic mass is 9.77. The second-order valence-electron chi connectivity index (χ2n) is 12.0. The van der Waals surface area contributed by atoms with E-state index in [2.05, 4.69) is 182 Å². The van der Waals surface area contributed by atoms with Crippen molar-refractivity contribution in [3.8, 4) is 0 Å². The van der Waals surface area contributed by atoms with Gasteiger partial charge >= 0.3 is 0 Å². The van der Waals surface area contributed by atoms with Crippen LogP contribution in [0.5, 0.6) is 0 Å². The minimum Gasteiger partial charge on any atom is -0.0622 e. The van der Waals surface area contributed by atoms with Gasteiger partial charge in [-0.25, -0.2) is 0 Å². The summed E-state index contributed by atoms with van der Waals surface area (Å²) >= 11 is 0. The highest BCUT2D eigenvalue weighted by atomic mass is 31.1. The van der Waals surface area contributed by atoms with E-state index in [0.29, 0.717) is 5.66 Å². The molecule has 0 fully saturated rings. The van der Waals surface area contributed by atoms with E-state index < -0.39 is 15.8 Å². The summed E-state index contributed by atoms with van der Waals surface area (Å²) in [6.07, 6.45) is 2.27. The Morgan fingerprint density at radius 3 is 1.54 bits per heavy atom. The largest absolute Gasteiger partial charge is 0.0622 e. The molecule has 8 rings (SSSR count). The maximum Gasteiger partial charge on any atom is 0.0178 e. The Labute approximate surface area is 275 Å². The zero-order chi connectivity index (χ0) is 30.7. The number of aryl methyl sites for hydroxylation is 1. The molecule has 0 saturated carbocycles. The average molecular weight is 627 g/mol. The summed E-state index contributed by atoms with van der Waals surface area (Å²) in [6, 6.07) is 68.5. The molecular formula is C44H36P2. The number of benzene rings is 7. The molecule has 46 heavy (non-hydrogen) atoms. The van der Waals surface area contributed by atoms with Crippen molar-refractivity contribution < 1.29 is 0 Å². The van der Waals surface area contributed by atoms with Gasteiger partial charge in [0.15, 0.2) is 0 Å². The highest BCUT2D eigenvalue weighted by molar-refractivity contribution is 7.80. The van der Waals surface area contributed by atoms with Gasteiger partial charge < -0.3 is 0 Å². The second-order valence-corrected chi connectivity index (χ2v) is 16.7. The SMILES string of the molecule is c1ccc(P(c2ccccc2)c2ccc3ccccc3c2C2c3ccccc3CCC2P(c2ccccc2)c2ccccc2)cc1. The van der Waals surface area contributed by atoms with Gasteiger partial charge in [0.05, 0.1) is 0 Å². The van der Waals surface area contributed by atoms with Crippen LogP contribution in [0.4, 0.5) is 0 Å². The van der Waals surface area contributed by atoms with Crippen molar-refractivity contribution in [1.82, 2.24) is 0 Å². The van der Waals surface area contributed by atoms with E-state index in [9.17, 15) is 0 Å². The summed E-state index contributed by atoms with van der Waals surface area (Å²) in [4.78, 5) is 0. The third-order valence-corrected chi connectivity index (χ3v) is 14.8. The second kappa shape index (κ2) is 13.2. The number of fused-ring (bicyclic) bond motifs is 2. The Morgan fingerprint density at radius 1 is 0.435 bits per heavy atom. The van der Waals surface area contributed by atoms with Crippen LogP contribution in [0, 0.1) is 0 Å². The Kier molecular flexibility index (Phi) is 8.33. The van der Waals surface area contributed by atoms with Gasteiger partial charge in [-0.15, -0.1) is 0 Å². The fourth-order valence-electron chi connectivity index (χ4n) is 7.47. The van der Waals surface area contributed by atoms with Gasteiger partial charge in [-0.1, -0.05) is 182 Å². The minimum atomic E-state index is -0.794. The molecule has 7 aromatic carbocycles. The predicted molar refractivity (Wildman–Crippen MR) is 202 cm³/mol. The molecule has 0 heterocycles. The minimum absolute atomic E-state index is 0.259. The van der Waals surface area contributed by atoms with Gasteiger partial charge in [-0.3, -0.25) is 0 Å². The third-order valence-electron chi connectivity index (χ3n) is 9.41. The first kappa shape index (κ1) is 29.1. The summed E-state index contributed by atoms with van der Waals surface area (Å²) in [7, 11) is -1.44. The smallest absolute Gasteiger partial charge is 0.0178 e. The van der Waals surface area contributed by atoms with Gasteiger partial charge in [0, 0.05) is 5.92 Å². The van der Waals surface area contributed by atoms with E-state index in [4.69, 9.17) is 0 Å². The Balaban J connectivity index is 1.44. The first-order chi connectivity index (χ1) is 22.9. The molecule has 222 valence electrons. The zero-order valence-corrected chi connectivity index (χ0v) is 27.6. The van der Waals surface area contributed by atoms with Crippen LogP contribution in [-0.4, -0.2) is 5.66 Å². The van der Waals surface area contributed by atoms with E-state index in [-0.39, 0.29) is 5.92 Å². The van der Waals surface area contributed by atoms with Crippen molar-refractivity contribution in [3.05, 3.63) is 199 Å². The summed E-state index contributed by atoms with van der Waals surface area (Å²) in [5.74, 6) is 0.259. The van der Waals surface area contributed by atoms with Gasteiger partial charge in [-0.2, -0.15) is 0 Å². The van der Waals surface area contributed by atoms with Gasteiger partial charge in [0.25, 0.3) is 0 Å². The Bertz CT molecular complexity index is 1980. The van der Waals surface area contributed by atoms with Crippen molar-refractivity contribution in [2.45, 2.75) is 24.4 Å². The van der Waals surface area contributed by atoms with Crippen molar-refractivity contribution in [2.24, 2.45) is 0 Å². The lowest BCUT2D eigenvalue weighted by molar-refractivity contribution is 0.633. The molecule has 0 aromatic heterocycles. The fraction of sp³-hybridized carbons (Fsp3) is 0.0909. The van der Waals surface area contributed by atoms with Crippen LogP contribution in [-0.2, 0) is 6.42 Å². The molecule has 0 amide bonds. The van der Waals surface area contributed by atoms with Crippen molar-refractivity contribution in [1.29, 1.82) is 0 Å². The summed E-state index contributed by atoms with van der Waals surface area (Å²) in [5.41, 5.74) is 4.98. The molecule has 1 aliphatic rings. The van der Waals surface area contributed by atoms with Crippen LogP contribution >= 0.6 is 15.8 Å². The monoisotopic (exact) mass is 626 g/mol. The standard InChI is InChI=1S/C44H36P2/c1-5-19-35(20-6-1)45(36-21-7-2-8-22-36)41-31-29-33-17-13-15-27-39(33)43(41)44-40-28-16-14-18-34(40)30-32-42(44)46(37-23-9-3-10-24-37)38-25-11-4-12-26-38/h1-29,31,42,44H,30,32H2. The molecule has 2 heteroatoms. The molecule has 0 nitrogen and oxygen atoms in total. The van der Waals surface area contributed by atoms with Crippen LogP contribution in [0.25, 0.3) is 10.8 Å². The molecule has 2 unspecified atom stereocenters. The van der Waals surface area contributed by atoms with Crippen molar-refractivity contribution in [2.75, 3.05) is 0 Å². The number of rotatable bonds is 7. The lowest BCUT2D eigenvalue weighted by Gasteiger charge is -2.41. The van der Waals surface area contributed by atoms with Crippen molar-refractivity contribution >= 4 is 53.1 Å². The van der Waals surface area contributed by atoms with Crippen LogP contribution in [0.3, 0.4) is 0 Å². The van der Waals surface area contributed by atoms with E-state index in [0.717, 1.165) is 12.8 Å². The van der Waals surface area contributed by atoms with Crippen LogP contribution in [0.15, 0.2) is 182 Å². The third kappa shape index (κ3) is 5.52. The molecule has 7 aromatic rings. The van der Waals surface area contributed by atoms with Crippen LogP contribution in [0.2, 0.25) is 0 Å². The Hall–Kier alpha value is -4.34. The molecule has 0 saturated heterocycles. The quantitative estimate of drug-likeness (QED) is 0.155. The molecular weight excluding hydrogens is 590 g/mol. The zero-order valence-electron chi connectivity index (χ0n) is 25.8. The molecule has 0 N–H and O–H groups in total. The molecule has 0 aliphatic heterocycles. The van der Waals surface area contributed by atoms with E-state index in [1.54, 1.807) is 0 Å². The van der Waals surface area contributed by atoms with Crippen molar-refractivity contribution in [3.63, 3.8) is 0 Å². The average Bonchev–Trinajstić information content (AvgIpc) is 3.14. The maximum atomic E-state index is 2.48. The van der Waals surface area contributed by atoms with Crippen LogP contribution in [0.1, 0.15) is 29.0 Å². The molecule has 0 spiro atoms. The van der Waals surface area contributed by atoms with E-state index in [1.165, 1.54) is 54.0 Å². The van der Waals surface area contributed by atoms with E-state index in [1.807, 2.05) is 0 Å². The predicted octanol–water partition coefficient (Wildman–Crippen LogP) is 9.18. The first-order valence-electron chi connectivity index (χ1n) is 16.3. The number of hydrogen-bond acceptors (Lipinski definition) is 0. The molecule has 0 bridgehead atoms. The van der Waals surface area contributed by atoms with Gasteiger partial charge in [-0.05, 0) is 88.3 Å². The molecule has 2 atom stereocenters. The Morgan fingerprint density at radius 2 is 0.935 bits per heavy atom. The summed E-state index contributed by atoms with van der Waals surface area (Å²) in [6.45, 7) is 0. The first-order valence-corrected chi connectivity index (χ1v) is 19.0. The van der Waals surface area contributed by atoms with E-state index >= 15 is 0 Å². The normalized spacial score (nSPS) is 16.0. The summed E-state index contributed by atoms with van der Waals surface area (Å²) in [5, 5.41) is 9.92. The van der Waals surface area contributed by atoms with Gasteiger partial charge in [0.2, 0.25) is 0 Å². The lowest BCUT2D eigenvalue weighted by Crippen LogP contribution is -2.35. The maximum absolute atomic E-state index is 2.48. The van der Waals surface area contributed by atoms with Gasteiger partial charge in [0.1, 0.15) is 0 Å². The highest BCUT2D eigenvalue weighted by Gasteiger charge is 2.40. The topological polar surface area (TPSA) is 0 Å². The van der Waals surface area contributed by atoms with Crippen LogP contribution < -0.4 is 26.5 Å². The number of hydrogen-bond donors (Lipinski definition) is 0. The molecule has 1 aliphatic carbocycles. The summed E-state index contributed by atoms with van der Waals surface area (Å²) < 4.78 is 0.